The smallest absolute Gasteiger partial charge is 0.239 e. The van der Waals surface area contributed by atoms with Gasteiger partial charge in [0.15, 0.2) is 5.82 Å². The van der Waals surface area contributed by atoms with Crippen molar-refractivity contribution in [2.24, 2.45) is 0 Å². The zero-order chi connectivity index (χ0) is 15.2. The molecule has 0 bridgehead atoms. The van der Waals surface area contributed by atoms with Gasteiger partial charge in [0.05, 0.1) is 19.4 Å². The zero-order valence-corrected chi connectivity index (χ0v) is 12.3. The number of anilines is 1. The third-order valence-electron chi connectivity index (χ3n) is 3.65. The minimum atomic E-state index is -0.0683. The highest BCUT2D eigenvalue weighted by molar-refractivity contribution is 5.91. The first-order valence-electron chi connectivity index (χ1n) is 7.38. The molecular weight excluding hydrogens is 282 g/mol. The molecule has 116 valence electrons. The molecule has 7 nitrogen and oxygen atoms in total. The maximum absolute atomic E-state index is 11.9. The minimum Gasteiger partial charge on any atom is -0.379 e. The zero-order valence-electron chi connectivity index (χ0n) is 12.3. The van der Waals surface area contributed by atoms with Gasteiger partial charge in [-0.1, -0.05) is 24.3 Å². The molecule has 1 fully saturated rings. The van der Waals surface area contributed by atoms with E-state index in [1.807, 2.05) is 24.3 Å². The second-order valence-corrected chi connectivity index (χ2v) is 5.16. The average molecular weight is 301 g/mol. The maximum atomic E-state index is 11.9. The molecule has 0 aliphatic carbocycles. The molecular formula is C15H19N5O2. The Bertz CT molecular complexity index is 637. The summed E-state index contributed by atoms with van der Waals surface area (Å²) in [5.74, 6) is 0.485. The second kappa shape index (κ2) is 7.15. The number of rotatable bonds is 5. The lowest BCUT2D eigenvalue weighted by molar-refractivity contribution is -0.121. The van der Waals surface area contributed by atoms with Crippen LogP contribution in [0.15, 0.2) is 30.5 Å². The summed E-state index contributed by atoms with van der Waals surface area (Å²) >= 11 is 0. The van der Waals surface area contributed by atoms with Crippen LogP contribution in [0, 0.1) is 0 Å². The summed E-state index contributed by atoms with van der Waals surface area (Å²) in [4.78, 5) is 14.1. The van der Waals surface area contributed by atoms with Crippen LogP contribution in [0.5, 0.6) is 0 Å². The first-order chi connectivity index (χ1) is 10.8. The summed E-state index contributed by atoms with van der Waals surface area (Å²) in [6.45, 7) is 3.99. The van der Waals surface area contributed by atoms with Gasteiger partial charge in [-0.2, -0.15) is 5.10 Å². The number of aromatic nitrogens is 2. The molecule has 22 heavy (non-hydrogen) atoms. The largest absolute Gasteiger partial charge is 0.379 e. The van der Waals surface area contributed by atoms with Crippen molar-refractivity contribution in [2.45, 2.75) is 6.42 Å². The second-order valence-electron chi connectivity index (χ2n) is 5.16. The van der Waals surface area contributed by atoms with Gasteiger partial charge >= 0.3 is 0 Å². The van der Waals surface area contributed by atoms with Crippen LogP contribution in [0.25, 0.3) is 10.8 Å². The molecule has 1 aromatic heterocycles. The van der Waals surface area contributed by atoms with Crippen molar-refractivity contribution in [3.8, 4) is 0 Å². The summed E-state index contributed by atoms with van der Waals surface area (Å²) in [7, 11) is 0. The van der Waals surface area contributed by atoms with Crippen molar-refractivity contribution in [1.82, 2.24) is 20.5 Å². The molecule has 3 rings (SSSR count). The Kier molecular flexibility index (Phi) is 4.77. The number of morpholine rings is 1. The summed E-state index contributed by atoms with van der Waals surface area (Å²) in [5.41, 5.74) is 5.54. The highest BCUT2D eigenvalue weighted by atomic mass is 16.5. The Hall–Kier alpha value is -2.25. The number of hydrazine groups is 1. The van der Waals surface area contributed by atoms with Gasteiger partial charge in [0.25, 0.3) is 0 Å². The van der Waals surface area contributed by atoms with E-state index in [9.17, 15) is 4.79 Å². The fourth-order valence-corrected chi connectivity index (χ4v) is 2.40. The molecule has 2 N–H and O–H groups in total. The standard InChI is InChI=1S/C15H19N5O2/c21-14(5-6-20-7-9-22-10-8-20)17-19-15-13-4-2-1-3-12(13)11-16-18-15/h1-4,11H,5-10H2,(H,17,21)(H,18,19). The van der Waals surface area contributed by atoms with Crippen LogP contribution in [0.4, 0.5) is 5.82 Å². The summed E-state index contributed by atoms with van der Waals surface area (Å²) in [6.07, 6.45) is 2.13. The molecule has 0 spiro atoms. The van der Waals surface area contributed by atoms with Gasteiger partial charge < -0.3 is 4.74 Å². The molecule has 0 atom stereocenters. The van der Waals surface area contributed by atoms with E-state index in [4.69, 9.17) is 4.74 Å². The quantitative estimate of drug-likeness (QED) is 0.795. The minimum absolute atomic E-state index is 0.0683. The molecule has 1 aromatic carbocycles. The van der Waals surface area contributed by atoms with E-state index in [1.54, 1.807) is 6.20 Å². The molecule has 1 amide bonds. The number of benzene rings is 1. The Morgan fingerprint density at radius 3 is 2.95 bits per heavy atom. The predicted molar refractivity (Wildman–Crippen MR) is 83.2 cm³/mol. The van der Waals surface area contributed by atoms with Crippen LogP contribution in [-0.4, -0.2) is 53.9 Å². The Morgan fingerprint density at radius 1 is 1.27 bits per heavy atom. The molecule has 2 aromatic rings. The third-order valence-corrected chi connectivity index (χ3v) is 3.65. The number of nitrogens with zero attached hydrogens (tertiary/aromatic N) is 3. The number of nitrogens with one attached hydrogen (secondary N) is 2. The van der Waals surface area contributed by atoms with Gasteiger partial charge in [-0.3, -0.25) is 20.5 Å². The van der Waals surface area contributed by atoms with Crippen LogP contribution < -0.4 is 10.9 Å². The molecule has 2 heterocycles. The first kappa shape index (κ1) is 14.7. The molecule has 0 saturated carbocycles. The van der Waals surface area contributed by atoms with Gasteiger partial charge in [0, 0.05) is 36.8 Å². The highest BCUT2D eigenvalue weighted by Gasteiger charge is 2.12. The summed E-state index contributed by atoms with van der Waals surface area (Å²) in [5, 5.41) is 9.85. The number of amides is 1. The highest BCUT2D eigenvalue weighted by Crippen LogP contribution is 2.18. The Labute approximate surface area is 128 Å². The van der Waals surface area contributed by atoms with E-state index >= 15 is 0 Å². The number of hydrogen-bond donors (Lipinski definition) is 2. The number of ether oxygens (including phenoxy) is 1. The summed E-state index contributed by atoms with van der Waals surface area (Å²) in [6, 6.07) is 7.76. The maximum Gasteiger partial charge on any atom is 0.239 e. The first-order valence-corrected chi connectivity index (χ1v) is 7.38. The number of carbonyl (C=O) groups is 1. The van der Waals surface area contributed by atoms with E-state index < -0.39 is 0 Å². The number of hydrogen-bond acceptors (Lipinski definition) is 6. The van der Waals surface area contributed by atoms with Gasteiger partial charge in [-0.05, 0) is 0 Å². The van der Waals surface area contributed by atoms with Gasteiger partial charge in [0.1, 0.15) is 0 Å². The van der Waals surface area contributed by atoms with E-state index in [2.05, 4.69) is 25.9 Å². The van der Waals surface area contributed by atoms with Gasteiger partial charge in [0.2, 0.25) is 5.91 Å². The van der Waals surface area contributed by atoms with Crippen LogP contribution in [0.3, 0.4) is 0 Å². The lowest BCUT2D eigenvalue weighted by Gasteiger charge is -2.26. The van der Waals surface area contributed by atoms with Crippen molar-refractivity contribution in [2.75, 3.05) is 38.3 Å². The topological polar surface area (TPSA) is 79.4 Å². The molecule has 0 radical (unpaired) electrons. The van der Waals surface area contributed by atoms with E-state index in [1.165, 1.54) is 0 Å². The van der Waals surface area contributed by atoms with Crippen molar-refractivity contribution in [3.63, 3.8) is 0 Å². The lowest BCUT2D eigenvalue weighted by Crippen LogP contribution is -2.39. The number of fused-ring (bicyclic) bond motifs is 1. The van der Waals surface area contributed by atoms with Crippen LogP contribution in [0.1, 0.15) is 6.42 Å². The van der Waals surface area contributed by atoms with E-state index in [-0.39, 0.29) is 5.91 Å². The fourth-order valence-electron chi connectivity index (χ4n) is 2.40. The SMILES string of the molecule is O=C(CCN1CCOCC1)NNc1nncc2ccccc12. The molecule has 1 saturated heterocycles. The molecule has 1 aliphatic heterocycles. The Balaban J connectivity index is 1.51. The monoisotopic (exact) mass is 301 g/mol. The predicted octanol–water partition coefficient (Wildman–Crippen LogP) is 0.795. The van der Waals surface area contributed by atoms with Crippen molar-refractivity contribution >= 4 is 22.5 Å². The average Bonchev–Trinajstić information content (AvgIpc) is 2.59. The molecule has 7 heteroatoms. The molecule has 0 unspecified atom stereocenters. The van der Waals surface area contributed by atoms with Crippen molar-refractivity contribution in [3.05, 3.63) is 30.5 Å². The lowest BCUT2D eigenvalue weighted by atomic mass is 10.2. The third kappa shape index (κ3) is 3.69. The van der Waals surface area contributed by atoms with E-state index in [0.29, 0.717) is 12.2 Å². The normalized spacial score (nSPS) is 15.6. The Morgan fingerprint density at radius 2 is 2.09 bits per heavy atom. The van der Waals surface area contributed by atoms with Crippen molar-refractivity contribution in [1.29, 1.82) is 0 Å². The van der Waals surface area contributed by atoms with Crippen LogP contribution >= 0.6 is 0 Å². The van der Waals surface area contributed by atoms with Gasteiger partial charge in [-0.15, -0.1) is 5.10 Å². The molecule has 1 aliphatic rings. The van der Waals surface area contributed by atoms with Crippen LogP contribution in [-0.2, 0) is 9.53 Å². The van der Waals surface area contributed by atoms with E-state index in [0.717, 1.165) is 43.6 Å². The fraction of sp³-hybridized carbons (Fsp3) is 0.400. The number of carbonyl (C=O) groups excluding carboxylic acids is 1. The van der Waals surface area contributed by atoms with Crippen molar-refractivity contribution < 1.29 is 9.53 Å². The van der Waals surface area contributed by atoms with Gasteiger partial charge in [-0.25, -0.2) is 0 Å². The van der Waals surface area contributed by atoms with Crippen LogP contribution in [0.2, 0.25) is 0 Å². The summed E-state index contributed by atoms with van der Waals surface area (Å²) < 4.78 is 5.28.